The summed E-state index contributed by atoms with van der Waals surface area (Å²) >= 11 is 3.76. The molecule has 0 heterocycles. The van der Waals surface area contributed by atoms with Crippen molar-refractivity contribution in [1.29, 1.82) is 0 Å². The number of aryl methyl sites for hydroxylation is 1. The van der Waals surface area contributed by atoms with Gasteiger partial charge in [-0.1, -0.05) is 40.2 Å². The molecule has 168 valence electrons. The molecule has 0 N–H and O–H groups in total. The van der Waals surface area contributed by atoms with Gasteiger partial charge in [-0.15, -0.1) is 0 Å². The monoisotopic (exact) mass is 495 g/mol. The number of benzene rings is 3. The van der Waals surface area contributed by atoms with Gasteiger partial charge in [0.05, 0.1) is 27.1 Å². The Kier molecular flexibility index (Phi) is 8.63. The molecule has 0 aliphatic rings. The second-order valence-electron chi connectivity index (χ2n) is 7.47. The van der Waals surface area contributed by atoms with E-state index in [-0.39, 0.29) is 0 Å². The second kappa shape index (κ2) is 11.6. The number of nitrogens with zero attached hydrogens (tertiary/aromatic N) is 1. The van der Waals surface area contributed by atoms with Gasteiger partial charge in [-0.3, -0.25) is 0 Å². The Morgan fingerprint density at radius 1 is 0.844 bits per heavy atom. The van der Waals surface area contributed by atoms with Crippen LogP contribution in [-0.4, -0.2) is 20.8 Å². The third-order valence-electron chi connectivity index (χ3n) is 5.25. The smallest absolute Gasteiger partial charge is 0.118 e. The van der Waals surface area contributed by atoms with Crippen molar-refractivity contribution < 1.29 is 14.2 Å². The Balaban J connectivity index is 1.92. The first-order valence-corrected chi connectivity index (χ1v) is 11.4. The highest BCUT2D eigenvalue weighted by Gasteiger charge is 2.13. The Morgan fingerprint density at radius 3 is 1.81 bits per heavy atom. The van der Waals surface area contributed by atoms with Crippen LogP contribution in [0.4, 0.5) is 5.69 Å². The molecule has 0 spiro atoms. The van der Waals surface area contributed by atoms with Gasteiger partial charge in [0.1, 0.15) is 11.5 Å². The van der Waals surface area contributed by atoms with Crippen LogP contribution in [0.1, 0.15) is 29.2 Å². The zero-order valence-corrected chi connectivity index (χ0v) is 20.7. The summed E-state index contributed by atoms with van der Waals surface area (Å²) in [5.41, 5.74) is 5.88. The Bertz CT molecular complexity index is 957. The summed E-state index contributed by atoms with van der Waals surface area (Å²) < 4.78 is 17.1. The molecule has 0 radical (unpaired) electrons. The summed E-state index contributed by atoms with van der Waals surface area (Å²) in [6, 6.07) is 20.9. The highest BCUT2D eigenvalue weighted by Crippen LogP contribution is 2.31. The summed E-state index contributed by atoms with van der Waals surface area (Å²) in [7, 11) is 3.37. The van der Waals surface area contributed by atoms with Crippen LogP contribution < -0.4 is 14.4 Å². The lowest BCUT2D eigenvalue weighted by Crippen LogP contribution is -2.22. The second-order valence-corrected chi connectivity index (χ2v) is 8.32. The van der Waals surface area contributed by atoms with Crippen LogP contribution in [0.3, 0.4) is 0 Å². The summed E-state index contributed by atoms with van der Waals surface area (Å²) in [4.78, 5) is 2.37. The van der Waals surface area contributed by atoms with Crippen LogP contribution in [0.15, 0.2) is 71.4 Å². The molecule has 3 aromatic carbocycles. The highest BCUT2D eigenvalue weighted by molar-refractivity contribution is 9.10. The van der Waals surface area contributed by atoms with E-state index >= 15 is 0 Å². The number of ether oxygens (including phenoxy) is 3. The van der Waals surface area contributed by atoms with Gasteiger partial charge in [0, 0.05) is 23.2 Å². The SMILES string of the molecule is CCOC=Cc1c(C)cc(N(Cc2ccc(OC)cc2)Cc2ccc(OC)cc2)cc1Br. The van der Waals surface area contributed by atoms with Crippen molar-refractivity contribution in [2.75, 3.05) is 25.7 Å². The van der Waals surface area contributed by atoms with Crippen LogP contribution >= 0.6 is 15.9 Å². The van der Waals surface area contributed by atoms with Crippen molar-refractivity contribution in [1.82, 2.24) is 0 Å². The van der Waals surface area contributed by atoms with E-state index in [0.29, 0.717) is 6.61 Å². The van der Waals surface area contributed by atoms with Gasteiger partial charge in [0.15, 0.2) is 0 Å². The molecule has 3 rings (SSSR count). The van der Waals surface area contributed by atoms with E-state index in [9.17, 15) is 0 Å². The summed E-state index contributed by atoms with van der Waals surface area (Å²) in [6.07, 6.45) is 3.75. The molecule has 3 aromatic rings. The predicted octanol–water partition coefficient (Wildman–Crippen LogP) is 6.99. The fourth-order valence-electron chi connectivity index (χ4n) is 3.48. The predicted molar refractivity (Wildman–Crippen MR) is 135 cm³/mol. The van der Waals surface area contributed by atoms with E-state index in [2.05, 4.69) is 64.2 Å². The van der Waals surface area contributed by atoms with Gasteiger partial charge in [0.25, 0.3) is 0 Å². The van der Waals surface area contributed by atoms with Crippen LogP contribution in [0.2, 0.25) is 0 Å². The van der Waals surface area contributed by atoms with Gasteiger partial charge in [-0.05, 0) is 78.6 Å². The zero-order chi connectivity index (χ0) is 22.9. The molecule has 0 atom stereocenters. The number of hydrogen-bond acceptors (Lipinski definition) is 4. The van der Waals surface area contributed by atoms with Crippen molar-refractivity contribution in [3.63, 3.8) is 0 Å². The molecule has 0 bridgehead atoms. The molecule has 0 unspecified atom stereocenters. The molecule has 0 aliphatic carbocycles. The number of rotatable bonds is 10. The zero-order valence-electron chi connectivity index (χ0n) is 19.1. The lowest BCUT2D eigenvalue weighted by molar-refractivity contribution is 0.272. The first-order chi connectivity index (χ1) is 15.5. The van der Waals surface area contributed by atoms with E-state index in [1.54, 1.807) is 20.5 Å². The standard InChI is InChI=1S/C27H30BrNO3/c1-5-32-15-14-26-20(2)16-23(17-27(26)28)29(18-21-6-10-24(30-3)11-7-21)19-22-8-12-25(31-4)13-9-22/h6-17H,5,18-19H2,1-4H3. The molecular weight excluding hydrogens is 466 g/mol. The Hall–Kier alpha value is -2.92. The van der Waals surface area contributed by atoms with Crippen LogP contribution in [0.25, 0.3) is 6.08 Å². The summed E-state index contributed by atoms with van der Waals surface area (Å²) in [6.45, 7) is 6.30. The van der Waals surface area contributed by atoms with E-state index in [4.69, 9.17) is 14.2 Å². The molecule has 5 heteroatoms. The van der Waals surface area contributed by atoms with Gasteiger partial charge in [0.2, 0.25) is 0 Å². The number of methoxy groups -OCH3 is 2. The van der Waals surface area contributed by atoms with Crippen molar-refractivity contribution >= 4 is 27.7 Å². The summed E-state index contributed by atoms with van der Waals surface area (Å²) in [5, 5.41) is 0. The molecule has 0 fully saturated rings. The third kappa shape index (κ3) is 6.30. The lowest BCUT2D eigenvalue weighted by atomic mass is 10.1. The maximum Gasteiger partial charge on any atom is 0.118 e. The van der Waals surface area contributed by atoms with Crippen LogP contribution in [0.5, 0.6) is 11.5 Å². The van der Waals surface area contributed by atoms with E-state index < -0.39 is 0 Å². The minimum Gasteiger partial charge on any atom is -0.501 e. The molecule has 0 saturated heterocycles. The maximum atomic E-state index is 5.39. The maximum absolute atomic E-state index is 5.39. The molecule has 4 nitrogen and oxygen atoms in total. The number of anilines is 1. The van der Waals surface area contributed by atoms with Crippen molar-refractivity contribution in [3.05, 3.63) is 93.7 Å². The fourth-order valence-corrected chi connectivity index (χ4v) is 4.16. The molecule has 0 aliphatic heterocycles. The average molecular weight is 496 g/mol. The highest BCUT2D eigenvalue weighted by atomic mass is 79.9. The largest absolute Gasteiger partial charge is 0.501 e. The quantitative estimate of drug-likeness (QED) is 0.283. The Labute approximate surface area is 199 Å². The van der Waals surface area contributed by atoms with Gasteiger partial charge in [-0.2, -0.15) is 0 Å². The number of hydrogen-bond donors (Lipinski definition) is 0. The van der Waals surface area contributed by atoms with Crippen molar-refractivity contribution in [2.24, 2.45) is 0 Å². The topological polar surface area (TPSA) is 30.9 Å². The van der Waals surface area contributed by atoms with Gasteiger partial charge >= 0.3 is 0 Å². The first kappa shape index (κ1) is 23.7. The van der Waals surface area contributed by atoms with Gasteiger partial charge in [-0.25, -0.2) is 0 Å². The first-order valence-electron chi connectivity index (χ1n) is 10.6. The minimum atomic E-state index is 0.656. The lowest BCUT2D eigenvalue weighted by Gasteiger charge is -2.27. The molecule has 0 amide bonds. The Morgan fingerprint density at radius 2 is 1.38 bits per heavy atom. The van der Waals surface area contributed by atoms with E-state index in [0.717, 1.165) is 40.3 Å². The van der Waals surface area contributed by atoms with Crippen LogP contribution in [0, 0.1) is 6.92 Å². The number of halogens is 1. The molecule has 0 aromatic heterocycles. The minimum absolute atomic E-state index is 0.656. The third-order valence-corrected chi connectivity index (χ3v) is 5.90. The summed E-state index contributed by atoms with van der Waals surface area (Å²) in [5.74, 6) is 1.72. The molecule has 0 saturated carbocycles. The average Bonchev–Trinajstić information content (AvgIpc) is 2.81. The molecular formula is C27H30BrNO3. The van der Waals surface area contributed by atoms with Crippen molar-refractivity contribution in [2.45, 2.75) is 26.9 Å². The van der Waals surface area contributed by atoms with Gasteiger partial charge < -0.3 is 19.1 Å². The van der Waals surface area contributed by atoms with Crippen LogP contribution in [-0.2, 0) is 17.8 Å². The van der Waals surface area contributed by atoms with Crippen molar-refractivity contribution in [3.8, 4) is 11.5 Å². The van der Waals surface area contributed by atoms with E-state index in [1.807, 2.05) is 37.3 Å². The fraction of sp³-hybridized carbons (Fsp3) is 0.259. The van der Waals surface area contributed by atoms with E-state index in [1.165, 1.54) is 16.7 Å². The molecule has 32 heavy (non-hydrogen) atoms. The normalized spacial score (nSPS) is 10.9.